The van der Waals surface area contributed by atoms with Crippen LogP contribution in [-0.2, 0) is 24.8 Å². The molecule has 4 aromatic rings. The molecule has 168 valence electrons. The van der Waals surface area contributed by atoms with Crippen LogP contribution < -0.4 is 10.6 Å². The second-order valence-electron chi connectivity index (χ2n) is 7.92. The average Bonchev–Trinajstić information content (AvgIpc) is 3.10. The van der Waals surface area contributed by atoms with Crippen molar-refractivity contribution in [2.45, 2.75) is 19.9 Å². The van der Waals surface area contributed by atoms with Crippen molar-refractivity contribution < 1.29 is 4.79 Å². The lowest BCUT2D eigenvalue weighted by molar-refractivity contribution is -0.129. The third kappa shape index (κ3) is 4.19. The second-order valence-corrected chi connectivity index (χ2v) is 8.74. The molecule has 2 aromatic carbocycles. The maximum atomic E-state index is 11.8. The molecule has 0 atom stereocenters. The Morgan fingerprint density at radius 3 is 2.64 bits per heavy atom. The lowest BCUT2D eigenvalue weighted by Crippen LogP contribution is -2.34. The van der Waals surface area contributed by atoms with Gasteiger partial charge in [-0.3, -0.25) is 4.79 Å². The van der Waals surface area contributed by atoms with Crippen LogP contribution in [0.2, 0.25) is 10.0 Å². The van der Waals surface area contributed by atoms with Gasteiger partial charge in [0.2, 0.25) is 11.9 Å². The van der Waals surface area contributed by atoms with Gasteiger partial charge in [-0.05, 0) is 41.8 Å². The molecule has 0 radical (unpaired) electrons. The Morgan fingerprint density at radius 1 is 1.09 bits per heavy atom. The number of carbonyl (C=O) groups excluding carboxylic acids is 1. The van der Waals surface area contributed by atoms with Crippen LogP contribution in [0.5, 0.6) is 0 Å². The van der Waals surface area contributed by atoms with E-state index in [1.807, 2.05) is 24.1 Å². The van der Waals surface area contributed by atoms with E-state index in [0.29, 0.717) is 39.7 Å². The van der Waals surface area contributed by atoms with Crippen molar-refractivity contribution >= 4 is 63.3 Å². The average molecular weight is 482 g/mol. The smallest absolute Gasteiger partial charge is 0.229 e. The molecule has 2 aromatic heterocycles. The van der Waals surface area contributed by atoms with Crippen LogP contribution in [-0.4, -0.2) is 37.1 Å². The Balaban J connectivity index is 1.41. The van der Waals surface area contributed by atoms with Gasteiger partial charge in [0.1, 0.15) is 0 Å². The number of anilines is 4. The Labute approximate surface area is 200 Å². The van der Waals surface area contributed by atoms with Crippen molar-refractivity contribution in [3.05, 3.63) is 63.8 Å². The van der Waals surface area contributed by atoms with Gasteiger partial charge in [0.25, 0.3) is 0 Å². The van der Waals surface area contributed by atoms with Gasteiger partial charge in [-0.2, -0.15) is 10.1 Å². The second kappa shape index (κ2) is 8.53. The van der Waals surface area contributed by atoms with Crippen LogP contribution in [0.1, 0.15) is 18.1 Å². The number of aromatic nitrogens is 4. The lowest BCUT2D eigenvalue weighted by Gasteiger charge is -2.28. The number of hydrogen-bond donors (Lipinski definition) is 2. The Bertz CT molecular complexity index is 1360. The van der Waals surface area contributed by atoms with E-state index in [1.165, 1.54) is 5.56 Å². The van der Waals surface area contributed by atoms with Gasteiger partial charge in [0, 0.05) is 38.9 Å². The van der Waals surface area contributed by atoms with Gasteiger partial charge in [-0.25, -0.2) is 9.67 Å². The van der Waals surface area contributed by atoms with Crippen LogP contribution in [0.15, 0.2) is 42.6 Å². The zero-order valence-electron chi connectivity index (χ0n) is 18.1. The van der Waals surface area contributed by atoms with Gasteiger partial charge in [-0.15, -0.1) is 0 Å². The van der Waals surface area contributed by atoms with E-state index in [1.54, 1.807) is 36.0 Å². The fraction of sp³-hybridized carbons (Fsp3) is 0.217. The Kier molecular flexibility index (Phi) is 5.55. The highest BCUT2D eigenvalue weighted by Crippen LogP contribution is 2.34. The SMILES string of the molecule is CC(=O)N1CCc2ccc(Nc3ncc4c(Nc5c(Cl)cccc5Cl)nn(C)c4n3)cc2C1. The Morgan fingerprint density at radius 2 is 1.88 bits per heavy atom. The molecule has 0 saturated carbocycles. The largest absolute Gasteiger partial charge is 0.338 e. The van der Waals surface area contributed by atoms with Gasteiger partial charge < -0.3 is 15.5 Å². The number of hydrogen-bond acceptors (Lipinski definition) is 6. The number of nitrogens with zero attached hydrogens (tertiary/aromatic N) is 5. The summed E-state index contributed by atoms with van der Waals surface area (Å²) in [7, 11) is 1.81. The first-order valence-corrected chi connectivity index (χ1v) is 11.2. The summed E-state index contributed by atoms with van der Waals surface area (Å²) >= 11 is 12.6. The van der Waals surface area contributed by atoms with E-state index in [9.17, 15) is 4.79 Å². The third-order valence-corrected chi connectivity index (χ3v) is 6.34. The minimum atomic E-state index is 0.0893. The predicted molar refractivity (Wildman–Crippen MR) is 131 cm³/mol. The highest BCUT2D eigenvalue weighted by Gasteiger charge is 2.19. The van der Waals surface area contributed by atoms with E-state index >= 15 is 0 Å². The van der Waals surface area contributed by atoms with E-state index in [2.05, 4.69) is 31.8 Å². The zero-order chi connectivity index (χ0) is 23.1. The summed E-state index contributed by atoms with van der Waals surface area (Å²) in [5.74, 6) is 1.10. The molecule has 1 aliphatic heterocycles. The van der Waals surface area contributed by atoms with E-state index in [0.717, 1.165) is 29.6 Å². The molecular formula is C23H21Cl2N7O. The summed E-state index contributed by atoms with van der Waals surface area (Å²) in [6.45, 7) is 2.97. The molecule has 0 spiro atoms. The molecule has 33 heavy (non-hydrogen) atoms. The summed E-state index contributed by atoms with van der Waals surface area (Å²) in [6, 6.07) is 11.4. The molecule has 1 aliphatic rings. The number of aryl methyl sites for hydroxylation is 1. The van der Waals surface area contributed by atoms with Gasteiger partial charge >= 0.3 is 0 Å². The molecule has 5 rings (SSSR count). The molecule has 0 bridgehead atoms. The number of halogens is 2. The lowest BCUT2D eigenvalue weighted by atomic mass is 9.99. The highest BCUT2D eigenvalue weighted by molar-refractivity contribution is 6.39. The topological polar surface area (TPSA) is 88.0 Å². The standard InChI is InChI=1S/C23H21Cl2N7O/c1-13(33)32-9-8-14-6-7-16(10-15(14)12-32)27-23-26-11-17-21(30-31(2)22(17)29-23)28-20-18(24)4-3-5-19(20)25/h3-7,10-11H,8-9,12H2,1-2H3,(H,28,30)(H,26,27,29). The van der Waals surface area contributed by atoms with Crippen molar-refractivity contribution in [1.29, 1.82) is 0 Å². The van der Waals surface area contributed by atoms with Crippen LogP contribution in [0.4, 0.5) is 23.1 Å². The van der Waals surface area contributed by atoms with Crippen molar-refractivity contribution in [3.63, 3.8) is 0 Å². The molecule has 8 nitrogen and oxygen atoms in total. The van der Waals surface area contributed by atoms with Crippen LogP contribution in [0.25, 0.3) is 11.0 Å². The molecule has 1 amide bonds. The summed E-state index contributed by atoms with van der Waals surface area (Å²) < 4.78 is 1.67. The molecule has 10 heteroatoms. The first-order valence-electron chi connectivity index (χ1n) is 10.4. The van der Waals surface area contributed by atoms with Gasteiger partial charge in [-0.1, -0.05) is 35.3 Å². The summed E-state index contributed by atoms with van der Waals surface area (Å²) in [5.41, 5.74) is 4.48. The fourth-order valence-electron chi connectivity index (χ4n) is 3.96. The first kappa shape index (κ1) is 21.5. The van der Waals surface area contributed by atoms with Crippen LogP contribution in [0, 0.1) is 0 Å². The zero-order valence-corrected chi connectivity index (χ0v) is 19.6. The van der Waals surface area contributed by atoms with E-state index in [-0.39, 0.29) is 5.91 Å². The number of nitrogens with one attached hydrogen (secondary N) is 2. The van der Waals surface area contributed by atoms with Crippen LogP contribution in [0.3, 0.4) is 0 Å². The van der Waals surface area contributed by atoms with E-state index < -0.39 is 0 Å². The monoisotopic (exact) mass is 481 g/mol. The summed E-state index contributed by atoms with van der Waals surface area (Å²) in [6.07, 6.45) is 2.57. The Hall–Kier alpha value is -3.36. The minimum absolute atomic E-state index is 0.0893. The number of benzene rings is 2. The molecule has 2 N–H and O–H groups in total. The molecule has 3 heterocycles. The summed E-state index contributed by atoms with van der Waals surface area (Å²) in [4.78, 5) is 22.7. The van der Waals surface area contributed by atoms with Crippen molar-refractivity contribution in [3.8, 4) is 0 Å². The molecule has 0 unspecified atom stereocenters. The first-order chi connectivity index (χ1) is 15.9. The molecule has 0 saturated heterocycles. The number of fused-ring (bicyclic) bond motifs is 2. The predicted octanol–water partition coefficient (Wildman–Crippen LogP) is 5.06. The fourth-order valence-corrected chi connectivity index (χ4v) is 4.45. The number of carbonyl (C=O) groups is 1. The summed E-state index contributed by atoms with van der Waals surface area (Å²) in [5, 5.41) is 12.7. The number of rotatable bonds is 4. The normalized spacial score (nSPS) is 13.2. The maximum Gasteiger partial charge on any atom is 0.229 e. The molecular weight excluding hydrogens is 461 g/mol. The third-order valence-electron chi connectivity index (χ3n) is 5.71. The quantitative estimate of drug-likeness (QED) is 0.423. The maximum absolute atomic E-state index is 11.8. The highest BCUT2D eigenvalue weighted by atomic mass is 35.5. The van der Waals surface area contributed by atoms with Crippen molar-refractivity contribution in [2.24, 2.45) is 7.05 Å². The number of para-hydroxylation sites is 1. The van der Waals surface area contributed by atoms with Crippen LogP contribution >= 0.6 is 23.2 Å². The van der Waals surface area contributed by atoms with E-state index in [4.69, 9.17) is 23.2 Å². The number of amides is 1. The van der Waals surface area contributed by atoms with Crippen molar-refractivity contribution in [1.82, 2.24) is 24.6 Å². The van der Waals surface area contributed by atoms with Gasteiger partial charge in [0.05, 0.1) is 21.1 Å². The van der Waals surface area contributed by atoms with Crippen molar-refractivity contribution in [2.75, 3.05) is 17.2 Å². The minimum Gasteiger partial charge on any atom is -0.338 e. The molecule has 0 aliphatic carbocycles. The molecule has 0 fully saturated rings. The van der Waals surface area contributed by atoms with Gasteiger partial charge in [0.15, 0.2) is 11.5 Å².